The fourth-order valence-corrected chi connectivity index (χ4v) is 7.83. The summed E-state index contributed by atoms with van der Waals surface area (Å²) in [4.78, 5) is 11.6. The second kappa shape index (κ2) is 9.79. The van der Waals surface area contributed by atoms with E-state index < -0.39 is 29.7 Å². The number of nitrogens with zero attached hydrogens (tertiary/aromatic N) is 1. The first-order chi connectivity index (χ1) is 16.0. The second-order valence-electron chi connectivity index (χ2n) is 10.6. The Morgan fingerprint density at radius 3 is 2.59 bits per heavy atom. The van der Waals surface area contributed by atoms with Gasteiger partial charge in [0.1, 0.15) is 6.10 Å². The molecule has 0 spiro atoms. The highest BCUT2D eigenvalue weighted by Gasteiger charge is 2.52. The summed E-state index contributed by atoms with van der Waals surface area (Å²) >= 11 is 1.39. The molecule has 1 aliphatic heterocycles. The van der Waals surface area contributed by atoms with Crippen molar-refractivity contribution in [1.29, 1.82) is 0 Å². The van der Waals surface area contributed by atoms with Gasteiger partial charge < -0.3 is 30.8 Å². The van der Waals surface area contributed by atoms with E-state index in [0.29, 0.717) is 11.9 Å². The zero-order valence-electron chi connectivity index (χ0n) is 19.8. The van der Waals surface area contributed by atoms with E-state index in [0.717, 1.165) is 23.8 Å². The molecule has 2 unspecified atom stereocenters. The van der Waals surface area contributed by atoms with Crippen LogP contribution in [-0.4, -0.2) is 83.7 Å². The van der Waals surface area contributed by atoms with Gasteiger partial charge in [-0.3, -0.25) is 4.57 Å². The summed E-state index contributed by atoms with van der Waals surface area (Å²) in [7, 11) is 0. The zero-order chi connectivity index (χ0) is 24.8. The monoisotopic (exact) mass is 492 g/mol. The molecule has 4 rings (SSSR count). The molecule has 2 heterocycles. The fraction of sp³-hybridized carbons (Fsp3) is 0.640. The number of aromatic nitrogens is 1. The molecule has 1 saturated heterocycles. The second-order valence-corrected chi connectivity index (χ2v) is 12.0. The minimum Gasteiger partial charge on any atom is -0.464 e. The Morgan fingerprint density at radius 1 is 1.21 bits per heavy atom. The SMILES string of the molecule is C[C@H](Cc1cn(C(=O)O)c2ccccc12)NC1CC([C@@H]2S[C@H](CO)[C@H](O)[C@H](O)[C@H]2O)C(C)(C)C1. The molecule has 2 aromatic rings. The molecule has 34 heavy (non-hydrogen) atoms. The predicted molar refractivity (Wildman–Crippen MR) is 132 cm³/mol. The van der Waals surface area contributed by atoms with Crippen LogP contribution in [0.1, 0.15) is 39.2 Å². The van der Waals surface area contributed by atoms with Gasteiger partial charge in [-0.2, -0.15) is 0 Å². The van der Waals surface area contributed by atoms with Crippen molar-refractivity contribution in [2.24, 2.45) is 11.3 Å². The number of fused-ring (bicyclic) bond motifs is 1. The van der Waals surface area contributed by atoms with Crippen LogP contribution in [0.4, 0.5) is 4.79 Å². The lowest BCUT2D eigenvalue weighted by molar-refractivity contribution is -0.0783. The van der Waals surface area contributed by atoms with Crippen molar-refractivity contribution in [3.8, 4) is 0 Å². The van der Waals surface area contributed by atoms with E-state index in [2.05, 4.69) is 26.1 Å². The summed E-state index contributed by atoms with van der Waals surface area (Å²) in [5.41, 5.74) is 1.56. The molecular weight excluding hydrogens is 456 g/mol. The van der Waals surface area contributed by atoms with E-state index in [9.17, 15) is 30.3 Å². The summed E-state index contributed by atoms with van der Waals surface area (Å²) in [6.45, 7) is 6.19. The van der Waals surface area contributed by atoms with Crippen LogP contribution in [0.25, 0.3) is 10.9 Å². The Bertz CT molecular complexity index is 1020. The van der Waals surface area contributed by atoms with Crippen LogP contribution in [0, 0.1) is 11.3 Å². The first-order valence-corrected chi connectivity index (χ1v) is 12.9. The van der Waals surface area contributed by atoms with Crippen LogP contribution in [0.5, 0.6) is 0 Å². The first kappa shape index (κ1) is 25.5. The van der Waals surface area contributed by atoms with Crippen LogP contribution in [0.2, 0.25) is 0 Å². The Kier molecular flexibility index (Phi) is 7.34. The van der Waals surface area contributed by atoms with E-state index >= 15 is 0 Å². The number of benzene rings is 1. The van der Waals surface area contributed by atoms with Crippen molar-refractivity contribution in [3.63, 3.8) is 0 Å². The Balaban J connectivity index is 1.46. The Labute approximate surface area is 204 Å². The Morgan fingerprint density at radius 2 is 1.91 bits per heavy atom. The van der Waals surface area contributed by atoms with Crippen LogP contribution in [0.15, 0.2) is 30.5 Å². The van der Waals surface area contributed by atoms with E-state index in [-0.39, 0.29) is 35.3 Å². The van der Waals surface area contributed by atoms with Crippen molar-refractivity contribution in [1.82, 2.24) is 9.88 Å². The lowest BCUT2D eigenvalue weighted by Crippen LogP contribution is -2.56. The number of hydrogen-bond donors (Lipinski definition) is 6. The topological polar surface area (TPSA) is 135 Å². The minimum atomic E-state index is -1.27. The van der Waals surface area contributed by atoms with E-state index in [1.165, 1.54) is 16.3 Å². The number of carboxylic acid groups (broad SMARTS) is 1. The lowest BCUT2D eigenvalue weighted by Gasteiger charge is -2.45. The maximum absolute atomic E-state index is 11.6. The smallest absolute Gasteiger partial charge is 0.416 e. The molecule has 9 heteroatoms. The molecule has 2 fully saturated rings. The van der Waals surface area contributed by atoms with Crippen LogP contribution in [-0.2, 0) is 6.42 Å². The standard InChI is InChI=1S/C25H36N2O6S/c1-13(8-14-11-27(24(32)33)18-7-5-4-6-16(14)18)26-15-9-17(25(2,3)10-15)23-22(31)21(30)20(29)19(12-28)34-23/h4-7,11,13,15,17,19-23,26,28-31H,8-10,12H2,1-3H3,(H,32,33)/t13-,15?,17?,19-,20+,21+,22-,23+/m1/s1. The summed E-state index contributed by atoms with van der Waals surface area (Å²) in [6.07, 6.45) is -0.380. The molecule has 0 radical (unpaired) electrons. The number of aliphatic hydroxyl groups excluding tert-OH is 4. The molecule has 188 valence electrons. The molecule has 1 aliphatic carbocycles. The molecule has 0 amide bonds. The van der Waals surface area contributed by atoms with Gasteiger partial charge in [0.2, 0.25) is 0 Å². The van der Waals surface area contributed by atoms with Gasteiger partial charge in [0.15, 0.2) is 0 Å². The van der Waals surface area contributed by atoms with E-state index in [1.54, 1.807) is 6.20 Å². The third kappa shape index (κ3) is 4.74. The van der Waals surface area contributed by atoms with Crippen LogP contribution < -0.4 is 5.32 Å². The zero-order valence-corrected chi connectivity index (χ0v) is 20.7. The van der Waals surface area contributed by atoms with Gasteiger partial charge in [0.05, 0.1) is 29.6 Å². The molecule has 6 N–H and O–H groups in total. The number of para-hydroxylation sites is 1. The maximum Gasteiger partial charge on any atom is 0.416 e. The highest BCUT2D eigenvalue weighted by atomic mass is 32.2. The maximum atomic E-state index is 11.6. The highest BCUT2D eigenvalue weighted by Crippen LogP contribution is 2.51. The number of hydrogen-bond acceptors (Lipinski definition) is 7. The molecule has 8 atom stereocenters. The van der Waals surface area contributed by atoms with Gasteiger partial charge in [-0.05, 0) is 49.1 Å². The molecule has 2 aliphatic rings. The third-order valence-corrected chi connectivity index (χ3v) is 9.39. The summed E-state index contributed by atoms with van der Waals surface area (Å²) in [5, 5.41) is 54.3. The van der Waals surface area contributed by atoms with Gasteiger partial charge in [-0.25, -0.2) is 4.79 Å². The lowest BCUT2D eigenvalue weighted by atomic mass is 9.77. The summed E-state index contributed by atoms with van der Waals surface area (Å²) in [5.74, 6) is 0.0994. The third-order valence-electron chi connectivity index (χ3n) is 7.69. The van der Waals surface area contributed by atoms with Crippen molar-refractivity contribution < 1.29 is 30.3 Å². The predicted octanol–water partition coefficient (Wildman–Crippen LogP) is 2.05. The molecule has 0 bridgehead atoms. The van der Waals surface area contributed by atoms with Gasteiger partial charge in [-0.15, -0.1) is 11.8 Å². The summed E-state index contributed by atoms with van der Waals surface area (Å²) < 4.78 is 1.27. The molecule has 1 aromatic carbocycles. The van der Waals surface area contributed by atoms with E-state index in [1.807, 2.05) is 24.3 Å². The molecule has 1 aromatic heterocycles. The normalized spacial score (nSPS) is 34.4. The number of rotatable bonds is 6. The number of carbonyl (C=O) groups is 1. The number of aliphatic hydroxyl groups is 4. The van der Waals surface area contributed by atoms with Crippen molar-refractivity contribution in [3.05, 3.63) is 36.0 Å². The van der Waals surface area contributed by atoms with Gasteiger partial charge in [0, 0.05) is 28.9 Å². The number of nitrogens with one attached hydrogen (secondary N) is 1. The van der Waals surface area contributed by atoms with Crippen LogP contribution in [0.3, 0.4) is 0 Å². The largest absolute Gasteiger partial charge is 0.464 e. The van der Waals surface area contributed by atoms with Crippen LogP contribution >= 0.6 is 11.8 Å². The van der Waals surface area contributed by atoms with E-state index in [4.69, 9.17) is 0 Å². The van der Waals surface area contributed by atoms with Crippen molar-refractivity contribution in [2.75, 3.05) is 6.61 Å². The quantitative estimate of drug-likeness (QED) is 0.361. The first-order valence-electron chi connectivity index (χ1n) is 11.9. The highest BCUT2D eigenvalue weighted by molar-refractivity contribution is 8.00. The fourth-order valence-electron chi connectivity index (χ4n) is 6.03. The molecular formula is C25H36N2O6S. The molecule has 8 nitrogen and oxygen atoms in total. The van der Waals surface area contributed by atoms with Crippen molar-refractivity contribution in [2.45, 2.75) is 80.9 Å². The van der Waals surface area contributed by atoms with Gasteiger partial charge >= 0.3 is 6.09 Å². The number of thioether (sulfide) groups is 1. The average Bonchev–Trinajstić information content (AvgIpc) is 3.29. The minimum absolute atomic E-state index is 0.0994. The molecule has 1 saturated carbocycles. The van der Waals surface area contributed by atoms with Gasteiger partial charge in [-0.1, -0.05) is 32.0 Å². The van der Waals surface area contributed by atoms with Crippen molar-refractivity contribution >= 4 is 28.8 Å². The average molecular weight is 493 g/mol. The Hall–Kier alpha value is -1.62. The summed E-state index contributed by atoms with van der Waals surface area (Å²) in [6, 6.07) is 7.82. The van der Waals surface area contributed by atoms with Gasteiger partial charge in [0.25, 0.3) is 0 Å².